The Morgan fingerprint density at radius 3 is 2.64 bits per heavy atom. The summed E-state index contributed by atoms with van der Waals surface area (Å²) in [6.45, 7) is 6.19. The molecule has 4 heteroatoms. The first-order chi connectivity index (χ1) is 6.39. The fourth-order valence-electron chi connectivity index (χ4n) is 1.11. The highest BCUT2D eigenvalue weighted by atomic mass is 16.4. The van der Waals surface area contributed by atoms with Crippen molar-refractivity contribution in [1.29, 1.82) is 0 Å². The Morgan fingerprint density at radius 1 is 1.57 bits per heavy atom. The van der Waals surface area contributed by atoms with E-state index in [-0.39, 0.29) is 11.8 Å². The molecule has 0 spiro atoms. The van der Waals surface area contributed by atoms with Gasteiger partial charge in [-0.3, -0.25) is 4.79 Å². The number of aromatic amines is 1. The molecular formula is C10H16N2O2. The molecule has 0 aliphatic carbocycles. The third-order valence-corrected chi connectivity index (χ3v) is 1.95. The minimum atomic E-state index is -0.781. The smallest absolute Gasteiger partial charge is 0.303 e. The number of carbonyl (C=O) groups is 1. The van der Waals surface area contributed by atoms with Crippen molar-refractivity contribution in [2.75, 3.05) is 0 Å². The Bertz CT molecular complexity index is 323. The number of hydrogen-bond acceptors (Lipinski definition) is 2. The van der Waals surface area contributed by atoms with E-state index in [1.165, 1.54) is 0 Å². The highest BCUT2D eigenvalue weighted by Gasteiger charge is 2.17. The Labute approximate surface area is 83.4 Å². The van der Waals surface area contributed by atoms with Gasteiger partial charge in [0.05, 0.1) is 6.42 Å². The van der Waals surface area contributed by atoms with Crippen LogP contribution >= 0.6 is 0 Å². The van der Waals surface area contributed by atoms with Crippen molar-refractivity contribution < 1.29 is 9.90 Å². The van der Waals surface area contributed by atoms with Gasteiger partial charge in [0.1, 0.15) is 5.82 Å². The van der Waals surface area contributed by atoms with Crippen molar-refractivity contribution in [3.8, 4) is 0 Å². The van der Waals surface area contributed by atoms with Gasteiger partial charge in [-0.25, -0.2) is 4.98 Å². The predicted molar refractivity (Wildman–Crippen MR) is 53.2 cm³/mol. The zero-order valence-electron chi connectivity index (χ0n) is 8.79. The predicted octanol–water partition coefficient (Wildman–Crippen LogP) is 1.72. The summed E-state index contributed by atoms with van der Waals surface area (Å²) in [5.41, 5.74) is 0.874. The minimum absolute atomic E-state index is 0.0124. The molecule has 78 valence electrons. The first-order valence-electron chi connectivity index (χ1n) is 4.66. The van der Waals surface area contributed by atoms with E-state index in [1.807, 2.05) is 0 Å². The fraction of sp³-hybridized carbons (Fsp3) is 0.600. The highest BCUT2D eigenvalue weighted by Crippen LogP contribution is 2.18. The average molecular weight is 196 g/mol. The number of hydrogen-bond donors (Lipinski definition) is 2. The normalized spacial score (nSPS) is 11.6. The molecule has 0 aromatic carbocycles. The van der Waals surface area contributed by atoms with Crippen LogP contribution in [-0.4, -0.2) is 21.0 Å². The van der Waals surface area contributed by atoms with Gasteiger partial charge in [-0.15, -0.1) is 0 Å². The van der Waals surface area contributed by atoms with E-state index in [1.54, 1.807) is 6.20 Å². The lowest BCUT2D eigenvalue weighted by molar-refractivity contribution is -0.136. The van der Waals surface area contributed by atoms with Gasteiger partial charge in [0, 0.05) is 17.3 Å². The van der Waals surface area contributed by atoms with Crippen LogP contribution in [0.15, 0.2) is 6.20 Å². The molecule has 1 heterocycles. The monoisotopic (exact) mass is 196 g/mol. The molecule has 0 aliphatic rings. The molecule has 0 amide bonds. The number of carboxylic acids is 1. The van der Waals surface area contributed by atoms with Crippen LogP contribution in [0.4, 0.5) is 0 Å². The second-order valence-electron chi connectivity index (χ2n) is 4.40. The zero-order valence-corrected chi connectivity index (χ0v) is 8.79. The summed E-state index contributed by atoms with van der Waals surface area (Å²) in [5, 5.41) is 8.51. The van der Waals surface area contributed by atoms with Crippen molar-refractivity contribution in [2.24, 2.45) is 0 Å². The van der Waals surface area contributed by atoms with Gasteiger partial charge in [0.25, 0.3) is 0 Å². The van der Waals surface area contributed by atoms with Crippen molar-refractivity contribution in [3.63, 3.8) is 0 Å². The summed E-state index contributed by atoms with van der Waals surface area (Å²) in [7, 11) is 0. The minimum Gasteiger partial charge on any atom is -0.481 e. The number of imidazole rings is 1. The van der Waals surface area contributed by atoms with Crippen molar-refractivity contribution in [2.45, 2.75) is 39.0 Å². The molecule has 0 saturated carbocycles. The zero-order chi connectivity index (χ0) is 10.8. The van der Waals surface area contributed by atoms with E-state index in [4.69, 9.17) is 5.11 Å². The van der Waals surface area contributed by atoms with Crippen molar-refractivity contribution >= 4 is 5.97 Å². The fourth-order valence-corrected chi connectivity index (χ4v) is 1.11. The third kappa shape index (κ3) is 2.87. The second kappa shape index (κ2) is 3.82. The van der Waals surface area contributed by atoms with Gasteiger partial charge in [0.2, 0.25) is 0 Å². The van der Waals surface area contributed by atoms with Crippen LogP contribution in [0.25, 0.3) is 0 Å². The van der Waals surface area contributed by atoms with Crippen LogP contribution in [0, 0.1) is 0 Å². The van der Waals surface area contributed by atoms with Crippen LogP contribution in [0.1, 0.15) is 38.7 Å². The maximum atomic E-state index is 10.3. The first-order valence-corrected chi connectivity index (χ1v) is 4.66. The quantitative estimate of drug-likeness (QED) is 0.773. The van der Waals surface area contributed by atoms with Gasteiger partial charge in [-0.05, 0) is 6.42 Å². The van der Waals surface area contributed by atoms with Gasteiger partial charge in [0.15, 0.2) is 0 Å². The average Bonchev–Trinajstić information content (AvgIpc) is 2.47. The maximum Gasteiger partial charge on any atom is 0.303 e. The number of aromatic nitrogens is 2. The Balaban J connectivity index is 2.64. The molecule has 0 radical (unpaired) electrons. The second-order valence-corrected chi connectivity index (χ2v) is 4.40. The summed E-state index contributed by atoms with van der Waals surface area (Å²) in [5.74, 6) is 0.120. The molecule has 0 saturated heterocycles. The molecule has 1 rings (SSSR count). The third-order valence-electron chi connectivity index (χ3n) is 1.95. The number of nitrogens with zero attached hydrogens (tertiary/aromatic N) is 1. The molecule has 0 aliphatic heterocycles. The highest BCUT2D eigenvalue weighted by molar-refractivity contribution is 5.66. The molecule has 0 unspecified atom stereocenters. The van der Waals surface area contributed by atoms with Gasteiger partial charge in [-0.1, -0.05) is 20.8 Å². The molecule has 4 nitrogen and oxygen atoms in total. The number of aryl methyl sites for hydroxylation is 1. The molecule has 0 atom stereocenters. The summed E-state index contributed by atoms with van der Waals surface area (Å²) >= 11 is 0. The van der Waals surface area contributed by atoms with Crippen LogP contribution in [0.2, 0.25) is 0 Å². The van der Waals surface area contributed by atoms with Crippen LogP contribution in [-0.2, 0) is 16.6 Å². The SMILES string of the molecule is CC(C)(C)c1ncc(CCC(=O)O)[nH]1. The number of carboxylic acid groups (broad SMARTS) is 1. The van der Waals surface area contributed by atoms with Crippen LogP contribution in [0.5, 0.6) is 0 Å². The number of H-pyrrole nitrogens is 1. The topological polar surface area (TPSA) is 66.0 Å². The molecule has 0 bridgehead atoms. The molecule has 0 fully saturated rings. The lowest BCUT2D eigenvalue weighted by Gasteiger charge is -2.14. The van der Waals surface area contributed by atoms with Crippen LogP contribution in [0.3, 0.4) is 0 Å². The van der Waals surface area contributed by atoms with E-state index in [9.17, 15) is 4.79 Å². The summed E-state index contributed by atoms with van der Waals surface area (Å²) in [6, 6.07) is 0. The summed E-state index contributed by atoms with van der Waals surface area (Å²) < 4.78 is 0. The largest absolute Gasteiger partial charge is 0.481 e. The van der Waals surface area contributed by atoms with Crippen LogP contribution < -0.4 is 0 Å². The summed E-state index contributed by atoms with van der Waals surface area (Å²) in [4.78, 5) is 17.7. The van der Waals surface area contributed by atoms with Crippen molar-refractivity contribution in [1.82, 2.24) is 9.97 Å². The van der Waals surface area contributed by atoms with Gasteiger partial charge < -0.3 is 10.1 Å². The number of rotatable bonds is 3. The standard InChI is InChI=1S/C10H16N2O2/c1-10(2,3)9-11-6-7(12-9)4-5-8(13)14/h6H,4-5H2,1-3H3,(H,11,12)(H,13,14). The molecule has 1 aromatic heterocycles. The van der Waals surface area contributed by atoms with E-state index in [2.05, 4.69) is 30.7 Å². The van der Waals surface area contributed by atoms with E-state index < -0.39 is 5.97 Å². The molecule has 2 N–H and O–H groups in total. The Hall–Kier alpha value is -1.32. The van der Waals surface area contributed by atoms with E-state index in [0.29, 0.717) is 6.42 Å². The molecule has 1 aromatic rings. The Morgan fingerprint density at radius 2 is 2.21 bits per heavy atom. The van der Waals surface area contributed by atoms with Crippen molar-refractivity contribution in [3.05, 3.63) is 17.7 Å². The molecule has 14 heavy (non-hydrogen) atoms. The molecular weight excluding hydrogens is 180 g/mol. The number of nitrogens with one attached hydrogen (secondary N) is 1. The summed E-state index contributed by atoms with van der Waals surface area (Å²) in [6.07, 6.45) is 2.37. The van der Waals surface area contributed by atoms with Gasteiger partial charge in [-0.2, -0.15) is 0 Å². The van der Waals surface area contributed by atoms with E-state index in [0.717, 1.165) is 11.5 Å². The van der Waals surface area contributed by atoms with Gasteiger partial charge >= 0.3 is 5.97 Å². The Kier molecular flexibility index (Phi) is 2.93. The first kappa shape index (κ1) is 10.8. The lowest BCUT2D eigenvalue weighted by atomic mass is 9.96. The van der Waals surface area contributed by atoms with E-state index >= 15 is 0 Å². The number of aliphatic carboxylic acids is 1. The lowest BCUT2D eigenvalue weighted by Crippen LogP contribution is -2.13. The maximum absolute atomic E-state index is 10.3.